The summed E-state index contributed by atoms with van der Waals surface area (Å²) >= 11 is 0. The first kappa shape index (κ1) is 25.5. The minimum atomic E-state index is -2.99. The van der Waals surface area contributed by atoms with E-state index in [0.717, 1.165) is 6.42 Å². The molecule has 0 aromatic carbocycles. The summed E-state index contributed by atoms with van der Waals surface area (Å²) in [6.07, 6.45) is 3.58. The van der Waals surface area contributed by atoms with Crippen LogP contribution < -0.4 is 10.6 Å². The number of hydrogen-bond donors (Lipinski definition) is 1. The molecule has 1 N–H and O–H groups in total. The van der Waals surface area contributed by atoms with Crippen LogP contribution >= 0.6 is 0 Å². The maximum atomic E-state index is 14.4. The maximum Gasteiger partial charge on any atom is 0.328 e. The van der Waals surface area contributed by atoms with Crippen molar-refractivity contribution >= 4 is 11.7 Å². The Morgan fingerprint density at radius 3 is 2.72 bits per heavy atom. The minimum Gasteiger partial charge on any atom is -0.481 e. The molecule has 2 atom stereocenters. The lowest BCUT2D eigenvalue weighted by Crippen LogP contribution is -2.48. The summed E-state index contributed by atoms with van der Waals surface area (Å²) in [4.78, 5) is 30.1. The number of carboxylic acid groups (broad SMARTS) is 1. The van der Waals surface area contributed by atoms with Crippen molar-refractivity contribution in [3.05, 3.63) is 46.4 Å². The number of aromatic nitrogens is 6. The van der Waals surface area contributed by atoms with E-state index in [4.69, 9.17) is 5.11 Å². The van der Waals surface area contributed by atoms with Crippen molar-refractivity contribution in [2.75, 3.05) is 18.0 Å². The summed E-state index contributed by atoms with van der Waals surface area (Å²) in [5.41, 5.74) is 2.63. The lowest BCUT2D eigenvalue weighted by Gasteiger charge is -2.39. The second-order valence-electron chi connectivity index (χ2n) is 9.59. The quantitative estimate of drug-likeness (QED) is 0.503. The second-order valence-corrected chi connectivity index (χ2v) is 9.59. The van der Waals surface area contributed by atoms with Crippen LogP contribution in [0.5, 0.6) is 0 Å². The van der Waals surface area contributed by atoms with E-state index in [2.05, 4.69) is 15.3 Å². The molecule has 1 saturated heterocycles. The van der Waals surface area contributed by atoms with Crippen LogP contribution in [-0.2, 0) is 18.4 Å². The molecule has 0 saturated carbocycles. The van der Waals surface area contributed by atoms with Crippen molar-refractivity contribution in [3.8, 4) is 11.4 Å². The van der Waals surface area contributed by atoms with Crippen LogP contribution in [-0.4, -0.2) is 59.2 Å². The molecule has 1 fully saturated rings. The highest BCUT2D eigenvalue weighted by atomic mass is 19.3. The van der Waals surface area contributed by atoms with E-state index < -0.39 is 30.8 Å². The van der Waals surface area contributed by atoms with Gasteiger partial charge in [0.25, 0.3) is 5.92 Å². The zero-order valence-electron chi connectivity index (χ0n) is 20.9. The molecular formula is C24H31F2N7O3. The number of rotatable bonds is 8. The Bertz CT molecular complexity index is 1310. The molecule has 0 aliphatic carbocycles. The van der Waals surface area contributed by atoms with Gasteiger partial charge in [-0.2, -0.15) is 0 Å². The fraction of sp³-hybridized carbons (Fsp3) is 0.542. The number of anilines is 1. The minimum absolute atomic E-state index is 0.0806. The van der Waals surface area contributed by atoms with Crippen LogP contribution in [0, 0.1) is 12.8 Å². The molecule has 3 aromatic rings. The number of halogens is 2. The fourth-order valence-electron chi connectivity index (χ4n) is 4.79. The fourth-order valence-corrected chi connectivity index (χ4v) is 4.79. The van der Waals surface area contributed by atoms with Gasteiger partial charge in [-0.25, -0.2) is 23.2 Å². The van der Waals surface area contributed by atoms with Crippen molar-refractivity contribution in [2.24, 2.45) is 13.0 Å². The van der Waals surface area contributed by atoms with E-state index in [1.165, 1.54) is 4.90 Å². The summed E-state index contributed by atoms with van der Waals surface area (Å²) in [6, 6.07) is 3.49. The Labute approximate surface area is 207 Å². The Morgan fingerprint density at radius 1 is 1.31 bits per heavy atom. The van der Waals surface area contributed by atoms with E-state index in [0.29, 0.717) is 28.5 Å². The summed E-state index contributed by atoms with van der Waals surface area (Å²) in [6.45, 7) is 5.71. The molecule has 194 valence electrons. The van der Waals surface area contributed by atoms with Gasteiger partial charge < -0.3 is 10.0 Å². The predicted octanol–water partition coefficient (Wildman–Crippen LogP) is 3.10. The average molecular weight is 504 g/mol. The van der Waals surface area contributed by atoms with Gasteiger partial charge in [0.2, 0.25) is 0 Å². The number of piperidine rings is 1. The largest absolute Gasteiger partial charge is 0.481 e. The van der Waals surface area contributed by atoms with Crippen molar-refractivity contribution in [2.45, 2.75) is 58.5 Å². The second kappa shape index (κ2) is 9.82. The third kappa shape index (κ3) is 5.17. The molecule has 1 unspecified atom stereocenters. The molecular weight excluding hydrogens is 472 g/mol. The zero-order valence-corrected chi connectivity index (χ0v) is 20.9. The number of aliphatic carboxylic acids is 1. The van der Waals surface area contributed by atoms with Gasteiger partial charge in [0.1, 0.15) is 5.69 Å². The van der Waals surface area contributed by atoms with Crippen molar-refractivity contribution in [1.29, 1.82) is 0 Å². The number of alkyl halides is 2. The lowest BCUT2D eigenvalue weighted by atomic mass is 9.92. The third-order valence-corrected chi connectivity index (χ3v) is 6.80. The predicted molar refractivity (Wildman–Crippen MR) is 129 cm³/mol. The van der Waals surface area contributed by atoms with Gasteiger partial charge >= 0.3 is 11.7 Å². The van der Waals surface area contributed by atoms with Crippen LogP contribution in [0.3, 0.4) is 0 Å². The van der Waals surface area contributed by atoms with Crippen molar-refractivity contribution in [1.82, 2.24) is 29.1 Å². The smallest absolute Gasteiger partial charge is 0.328 e. The Kier molecular flexibility index (Phi) is 6.96. The molecule has 0 bridgehead atoms. The normalized spacial score (nSPS) is 18.4. The highest BCUT2D eigenvalue weighted by Crippen LogP contribution is 2.36. The SMILES string of the molecule is CCC(C)n1ccn(Cc2c(-c3ccc(N4C[C@@H](CC(=O)O)CC(F)(F)C4)c(C)n3)nnn2C)c1=O. The Balaban J connectivity index is 1.61. The Hall–Kier alpha value is -3.57. The van der Waals surface area contributed by atoms with Gasteiger partial charge in [0, 0.05) is 38.4 Å². The average Bonchev–Trinajstić information content (AvgIpc) is 3.34. The molecule has 3 aromatic heterocycles. The number of hydrogen-bond acceptors (Lipinski definition) is 6. The summed E-state index contributed by atoms with van der Waals surface area (Å²) in [7, 11) is 1.74. The maximum absolute atomic E-state index is 14.4. The molecule has 0 amide bonds. The van der Waals surface area contributed by atoms with Crippen LogP contribution in [0.25, 0.3) is 11.4 Å². The van der Waals surface area contributed by atoms with E-state index >= 15 is 0 Å². The highest BCUT2D eigenvalue weighted by molar-refractivity contribution is 5.67. The number of imidazole rings is 1. The highest BCUT2D eigenvalue weighted by Gasteiger charge is 2.41. The number of carboxylic acids is 1. The van der Waals surface area contributed by atoms with E-state index in [9.17, 15) is 18.4 Å². The first-order chi connectivity index (χ1) is 17.0. The number of nitrogens with zero attached hydrogens (tertiary/aromatic N) is 7. The molecule has 0 radical (unpaired) electrons. The number of pyridine rings is 1. The number of carbonyl (C=O) groups is 1. The molecule has 4 rings (SSSR count). The molecule has 4 heterocycles. The monoisotopic (exact) mass is 503 g/mol. The van der Waals surface area contributed by atoms with E-state index in [-0.39, 0.29) is 31.2 Å². The van der Waals surface area contributed by atoms with Crippen LogP contribution in [0.4, 0.5) is 14.5 Å². The van der Waals surface area contributed by atoms with Crippen LogP contribution in [0.2, 0.25) is 0 Å². The molecule has 36 heavy (non-hydrogen) atoms. The summed E-state index contributed by atoms with van der Waals surface area (Å²) in [5.74, 6) is -4.73. The molecule has 1 aliphatic heterocycles. The lowest BCUT2D eigenvalue weighted by molar-refractivity contribution is -0.139. The van der Waals surface area contributed by atoms with E-state index in [1.54, 1.807) is 52.3 Å². The van der Waals surface area contributed by atoms with Gasteiger partial charge in [0.15, 0.2) is 0 Å². The van der Waals surface area contributed by atoms with Gasteiger partial charge in [-0.15, -0.1) is 5.10 Å². The standard InChI is InChI=1S/C24H31F2N7O3/c1-5-15(2)33-9-8-31(23(33)36)13-20-22(28-29-30(20)4)18-6-7-19(16(3)27-18)32-12-17(10-21(34)35)11-24(25,26)14-32/h6-9,15,17H,5,10-14H2,1-4H3,(H,34,35)/t15?,17-/m0/s1. The topological polar surface area (TPSA) is 111 Å². The van der Waals surface area contributed by atoms with Gasteiger partial charge in [0.05, 0.1) is 42.3 Å². The number of aryl methyl sites for hydroxylation is 2. The van der Waals surface area contributed by atoms with E-state index in [1.807, 2.05) is 13.8 Å². The van der Waals surface area contributed by atoms with Crippen molar-refractivity contribution in [3.63, 3.8) is 0 Å². The first-order valence-electron chi connectivity index (χ1n) is 12.0. The van der Waals surface area contributed by atoms with Gasteiger partial charge in [-0.1, -0.05) is 12.1 Å². The molecule has 10 nitrogen and oxygen atoms in total. The summed E-state index contributed by atoms with van der Waals surface area (Å²) in [5, 5.41) is 17.5. The molecule has 0 spiro atoms. The van der Waals surface area contributed by atoms with Crippen LogP contribution in [0.1, 0.15) is 50.5 Å². The first-order valence-corrected chi connectivity index (χ1v) is 12.0. The zero-order chi connectivity index (χ0) is 26.2. The Morgan fingerprint density at radius 2 is 2.06 bits per heavy atom. The van der Waals surface area contributed by atoms with Crippen molar-refractivity contribution < 1.29 is 18.7 Å². The molecule has 12 heteroatoms. The van der Waals surface area contributed by atoms with Crippen LogP contribution in [0.15, 0.2) is 29.3 Å². The third-order valence-electron chi connectivity index (χ3n) is 6.80. The van der Waals surface area contributed by atoms with Gasteiger partial charge in [-0.05, 0) is 38.3 Å². The summed E-state index contributed by atoms with van der Waals surface area (Å²) < 4.78 is 33.6. The van der Waals surface area contributed by atoms with Gasteiger partial charge in [-0.3, -0.25) is 13.9 Å². The molecule has 1 aliphatic rings.